The Balaban J connectivity index is 2.07. The molecule has 0 spiro atoms. The monoisotopic (exact) mass is 273 g/mol. The van der Waals surface area contributed by atoms with Gasteiger partial charge in [0.1, 0.15) is 0 Å². The summed E-state index contributed by atoms with van der Waals surface area (Å²) in [5.41, 5.74) is 0.0974. The number of rotatable bonds is 5. The summed E-state index contributed by atoms with van der Waals surface area (Å²) in [6.07, 6.45) is 1.82. The molecule has 0 radical (unpaired) electrons. The van der Waals surface area contributed by atoms with Crippen LogP contribution in [-0.2, 0) is 11.2 Å². The van der Waals surface area contributed by atoms with Crippen LogP contribution in [0.1, 0.15) is 18.4 Å². The minimum absolute atomic E-state index is 0.0974. The normalized spacial score (nSPS) is 14.6. The highest BCUT2D eigenvalue weighted by molar-refractivity contribution is 6.18. The molecule has 1 aromatic carbocycles. The van der Waals surface area contributed by atoms with Crippen molar-refractivity contribution in [1.82, 2.24) is 4.90 Å². The zero-order chi connectivity index (χ0) is 13.1. The average Bonchev–Trinajstić information content (AvgIpc) is 3.16. The Morgan fingerprint density at radius 1 is 1.39 bits per heavy atom. The minimum Gasteiger partial charge on any atom is -0.338 e. The lowest BCUT2D eigenvalue weighted by molar-refractivity contribution is -0.130. The van der Waals surface area contributed by atoms with Crippen molar-refractivity contribution in [1.29, 1.82) is 0 Å². The molecular formula is C13H14ClF2NO. The van der Waals surface area contributed by atoms with Crippen LogP contribution in [0.3, 0.4) is 0 Å². The maximum atomic E-state index is 13.5. The molecule has 0 N–H and O–H groups in total. The van der Waals surface area contributed by atoms with Crippen molar-refractivity contribution in [3.8, 4) is 0 Å². The van der Waals surface area contributed by atoms with E-state index in [0.717, 1.165) is 18.9 Å². The molecule has 0 atom stereocenters. The molecular weight excluding hydrogens is 260 g/mol. The topological polar surface area (TPSA) is 20.3 Å². The first-order valence-electron chi connectivity index (χ1n) is 5.92. The van der Waals surface area contributed by atoms with E-state index in [2.05, 4.69) is 0 Å². The third-order valence-electron chi connectivity index (χ3n) is 3.01. The van der Waals surface area contributed by atoms with Crippen molar-refractivity contribution in [3.05, 3.63) is 35.4 Å². The molecule has 18 heavy (non-hydrogen) atoms. The first kappa shape index (κ1) is 13.3. The van der Waals surface area contributed by atoms with Crippen molar-refractivity contribution in [3.63, 3.8) is 0 Å². The average molecular weight is 274 g/mol. The Kier molecular flexibility index (Phi) is 4.17. The van der Waals surface area contributed by atoms with Crippen LogP contribution in [0.15, 0.2) is 18.2 Å². The van der Waals surface area contributed by atoms with Crippen LogP contribution in [0.5, 0.6) is 0 Å². The van der Waals surface area contributed by atoms with E-state index in [1.54, 1.807) is 4.90 Å². The van der Waals surface area contributed by atoms with Crippen molar-refractivity contribution < 1.29 is 13.6 Å². The highest BCUT2D eigenvalue weighted by Gasteiger charge is 2.32. The third kappa shape index (κ3) is 2.99. The summed E-state index contributed by atoms with van der Waals surface area (Å²) in [5.74, 6) is -1.70. The van der Waals surface area contributed by atoms with Crippen LogP contribution in [0, 0.1) is 11.6 Å². The van der Waals surface area contributed by atoms with Crippen molar-refractivity contribution in [2.75, 3.05) is 12.4 Å². The van der Waals surface area contributed by atoms with Crippen LogP contribution < -0.4 is 0 Å². The molecule has 2 rings (SSSR count). The summed E-state index contributed by atoms with van der Waals surface area (Å²) in [6.45, 7) is 0.460. The molecule has 1 saturated carbocycles. The lowest BCUT2D eigenvalue weighted by Gasteiger charge is -2.21. The zero-order valence-corrected chi connectivity index (χ0v) is 10.6. The molecule has 5 heteroatoms. The fraction of sp³-hybridized carbons (Fsp3) is 0.462. The van der Waals surface area contributed by atoms with Crippen LogP contribution >= 0.6 is 11.6 Å². The summed E-state index contributed by atoms with van der Waals surface area (Å²) < 4.78 is 26.5. The molecule has 0 aliphatic heterocycles. The summed E-state index contributed by atoms with van der Waals surface area (Å²) in [4.78, 5) is 13.7. The highest BCUT2D eigenvalue weighted by atomic mass is 35.5. The number of benzene rings is 1. The SMILES string of the molecule is O=C(Cc1cccc(F)c1F)N(CCCl)C1CC1. The number of hydrogen-bond acceptors (Lipinski definition) is 1. The largest absolute Gasteiger partial charge is 0.338 e. The molecule has 1 fully saturated rings. The van der Waals surface area contributed by atoms with Gasteiger partial charge in [-0.25, -0.2) is 8.78 Å². The van der Waals surface area contributed by atoms with E-state index >= 15 is 0 Å². The van der Waals surface area contributed by atoms with E-state index in [4.69, 9.17) is 11.6 Å². The molecule has 1 aliphatic rings. The lowest BCUT2D eigenvalue weighted by Crippen LogP contribution is -2.36. The van der Waals surface area contributed by atoms with Crippen molar-refractivity contribution in [2.24, 2.45) is 0 Å². The standard InChI is InChI=1S/C13H14ClF2NO/c14-6-7-17(10-4-5-10)12(18)8-9-2-1-3-11(15)13(9)16/h1-3,10H,4-8H2. The van der Waals surface area contributed by atoms with Gasteiger partial charge in [0.2, 0.25) is 5.91 Å². The van der Waals surface area contributed by atoms with Gasteiger partial charge in [-0.3, -0.25) is 4.79 Å². The van der Waals surface area contributed by atoms with Crippen LogP contribution in [0.2, 0.25) is 0 Å². The van der Waals surface area contributed by atoms with Gasteiger partial charge in [0, 0.05) is 24.0 Å². The molecule has 0 aromatic heterocycles. The minimum atomic E-state index is -0.938. The Morgan fingerprint density at radius 3 is 2.72 bits per heavy atom. The van der Waals surface area contributed by atoms with Gasteiger partial charge in [0.15, 0.2) is 11.6 Å². The van der Waals surface area contributed by atoms with Gasteiger partial charge >= 0.3 is 0 Å². The van der Waals surface area contributed by atoms with Gasteiger partial charge in [0.05, 0.1) is 6.42 Å². The first-order chi connectivity index (χ1) is 8.63. The molecule has 0 bridgehead atoms. The molecule has 0 heterocycles. The molecule has 98 valence electrons. The van der Waals surface area contributed by atoms with Gasteiger partial charge in [0.25, 0.3) is 0 Å². The van der Waals surface area contributed by atoms with E-state index in [9.17, 15) is 13.6 Å². The quantitative estimate of drug-likeness (QED) is 0.756. The van der Waals surface area contributed by atoms with Crippen molar-refractivity contribution >= 4 is 17.5 Å². The fourth-order valence-electron chi connectivity index (χ4n) is 1.94. The van der Waals surface area contributed by atoms with Gasteiger partial charge in [-0.1, -0.05) is 12.1 Å². The van der Waals surface area contributed by atoms with E-state index in [-0.39, 0.29) is 23.9 Å². The number of carbonyl (C=O) groups is 1. The second kappa shape index (κ2) is 5.65. The fourth-order valence-corrected chi connectivity index (χ4v) is 2.12. The Hall–Kier alpha value is -1.16. The smallest absolute Gasteiger partial charge is 0.227 e. The molecule has 0 unspecified atom stereocenters. The Labute approximate surface area is 110 Å². The van der Waals surface area contributed by atoms with E-state index in [1.165, 1.54) is 12.1 Å². The molecule has 2 nitrogen and oxygen atoms in total. The van der Waals surface area contributed by atoms with Crippen LogP contribution in [0.4, 0.5) is 8.78 Å². The molecule has 1 aromatic rings. The maximum absolute atomic E-state index is 13.5. The summed E-state index contributed by atoms with van der Waals surface area (Å²) in [7, 11) is 0. The van der Waals surface area contributed by atoms with Gasteiger partial charge in [-0.05, 0) is 18.9 Å². The van der Waals surface area contributed by atoms with E-state index in [0.29, 0.717) is 12.4 Å². The third-order valence-corrected chi connectivity index (χ3v) is 3.18. The highest BCUT2D eigenvalue weighted by Crippen LogP contribution is 2.27. The summed E-state index contributed by atoms with van der Waals surface area (Å²) in [6, 6.07) is 4.11. The molecule has 0 saturated heterocycles. The maximum Gasteiger partial charge on any atom is 0.227 e. The second-order valence-corrected chi connectivity index (χ2v) is 4.77. The number of halogens is 3. The lowest BCUT2D eigenvalue weighted by atomic mass is 10.1. The summed E-state index contributed by atoms with van der Waals surface area (Å²) >= 11 is 5.64. The van der Waals surface area contributed by atoms with Crippen LogP contribution in [-0.4, -0.2) is 29.3 Å². The number of carbonyl (C=O) groups excluding carboxylic acids is 1. The molecule has 1 amide bonds. The first-order valence-corrected chi connectivity index (χ1v) is 6.45. The second-order valence-electron chi connectivity index (χ2n) is 4.40. The van der Waals surface area contributed by atoms with Gasteiger partial charge in [-0.15, -0.1) is 11.6 Å². The number of alkyl halides is 1. The van der Waals surface area contributed by atoms with Gasteiger partial charge in [-0.2, -0.15) is 0 Å². The van der Waals surface area contributed by atoms with Crippen molar-refractivity contribution in [2.45, 2.75) is 25.3 Å². The van der Waals surface area contributed by atoms with E-state index in [1.807, 2.05) is 0 Å². The zero-order valence-electron chi connectivity index (χ0n) is 9.83. The predicted octanol–water partition coefficient (Wildman–Crippen LogP) is 2.74. The number of amides is 1. The number of hydrogen-bond donors (Lipinski definition) is 0. The van der Waals surface area contributed by atoms with Crippen LogP contribution in [0.25, 0.3) is 0 Å². The molecule has 1 aliphatic carbocycles. The summed E-state index contributed by atoms with van der Waals surface area (Å²) in [5, 5.41) is 0. The number of nitrogens with zero attached hydrogens (tertiary/aromatic N) is 1. The van der Waals surface area contributed by atoms with Gasteiger partial charge < -0.3 is 4.90 Å². The Bertz CT molecular complexity index is 449. The Morgan fingerprint density at radius 2 is 2.11 bits per heavy atom. The van der Waals surface area contributed by atoms with E-state index < -0.39 is 11.6 Å². The predicted molar refractivity (Wildman–Crippen MR) is 65.5 cm³/mol.